The molecule has 0 radical (unpaired) electrons. The number of carbonyl (C=O) groups excluding carboxylic acids is 1. The number of rotatable bonds is 7. The van der Waals surface area contributed by atoms with Gasteiger partial charge in [-0.3, -0.25) is 4.79 Å². The summed E-state index contributed by atoms with van der Waals surface area (Å²) in [6.45, 7) is 0.421. The topological polar surface area (TPSA) is 51.2 Å². The molecule has 29 heavy (non-hydrogen) atoms. The normalized spacial score (nSPS) is 10.8. The van der Waals surface area contributed by atoms with Gasteiger partial charge in [-0.1, -0.05) is 60.7 Å². The van der Waals surface area contributed by atoms with Crippen LogP contribution in [-0.2, 0) is 24.2 Å². The Hall–Kier alpha value is -3.18. The molecule has 0 bridgehead atoms. The van der Waals surface area contributed by atoms with Gasteiger partial charge in [-0.15, -0.1) is 11.3 Å². The molecule has 3 aromatic carbocycles. The molecular formula is C24H22N2O2S. The van der Waals surface area contributed by atoms with E-state index in [9.17, 15) is 4.79 Å². The number of hydrogen-bond donors (Lipinski definition) is 1. The first-order valence-electron chi connectivity index (χ1n) is 9.51. The second kappa shape index (κ2) is 8.88. The van der Waals surface area contributed by atoms with Crippen molar-refractivity contribution in [3.63, 3.8) is 0 Å². The van der Waals surface area contributed by atoms with Crippen molar-refractivity contribution >= 4 is 28.0 Å². The minimum atomic E-state index is -0.0449. The number of aromatic nitrogens is 1. The van der Waals surface area contributed by atoms with Gasteiger partial charge in [0.05, 0.1) is 24.2 Å². The Labute approximate surface area is 174 Å². The van der Waals surface area contributed by atoms with Crippen molar-refractivity contribution in [2.24, 2.45) is 0 Å². The maximum absolute atomic E-state index is 12.5. The third kappa shape index (κ3) is 4.63. The Morgan fingerprint density at radius 3 is 2.66 bits per heavy atom. The molecule has 0 unspecified atom stereocenters. The molecule has 0 fully saturated rings. The molecule has 0 aliphatic heterocycles. The summed E-state index contributed by atoms with van der Waals surface area (Å²) >= 11 is 1.60. The van der Waals surface area contributed by atoms with Gasteiger partial charge in [-0.2, -0.15) is 0 Å². The van der Waals surface area contributed by atoms with E-state index in [2.05, 4.69) is 34.6 Å². The van der Waals surface area contributed by atoms with Crippen LogP contribution in [0, 0.1) is 0 Å². The Kier molecular flexibility index (Phi) is 5.86. The summed E-state index contributed by atoms with van der Waals surface area (Å²) in [6, 6.07) is 22.3. The number of nitrogens with zero attached hydrogens (tertiary/aromatic N) is 1. The van der Waals surface area contributed by atoms with Crippen LogP contribution in [0.1, 0.15) is 21.8 Å². The molecule has 0 aliphatic rings. The lowest BCUT2D eigenvalue weighted by Gasteiger charge is -2.13. The van der Waals surface area contributed by atoms with Crippen molar-refractivity contribution in [2.45, 2.75) is 19.4 Å². The number of methoxy groups -OCH3 is 1. The van der Waals surface area contributed by atoms with E-state index in [1.54, 1.807) is 18.4 Å². The summed E-state index contributed by atoms with van der Waals surface area (Å²) < 4.78 is 5.50. The highest BCUT2D eigenvalue weighted by Gasteiger charge is 2.12. The molecule has 4 rings (SSSR count). The standard InChI is InChI=1S/C24H22N2O2S/c1-28-22-12-11-18-9-5-6-10-20(18)21(22)15-25-23(27)14-19-16-29-24(26-19)13-17-7-3-2-4-8-17/h2-12,16H,13-15H2,1H3,(H,25,27). The van der Waals surface area contributed by atoms with Gasteiger partial charge >= 0.3 is 0 Å². The zero-order valence-electron chi connectivity index (χ0n) is 16.2. The fourth-order valence-electron chi connectivity index (χ4n) is 3.39. The molecule has 4 aromatic rings. The van der Waals surface area contributed by atoms with Crippen LogP contribution in [0.4, 0.5) is 0 Å². The van der Waals surface area contributed by atoms with Gasteiger partial charge < -0.3 is 10.1 Å². The molecule has 1 N–H and O–H groups in total. The van der Waals surface area contributed by atoms with Crippen molar-refractivity contribution in [1.82, 2.24) is 10.3 Å². The van der Waals surface area contributed by atoms with E-state index in [1.165, 1.54) is 5.56 Å². The van der Waals surface area contributed by atoms with Gasteiger partial charge in [-0.25, -0.2) is 4.98 Å². The van der Waals surface area contributed by atoms with E-state index in [4.69, 9.17) is 4.74 Å². The third-order valence-corrected chi connectivity index (χ3v) is 5.72. The Morgan fingerprint density at radius 1 is 1.03 bits per heavy atom. The summed E-state index contributed by atoms with van der Waals surface area (Å²) in [6.07, 6.45) is 1.07. The maximum Gasteiger partial charge on any atom is 0.226 e. The van der Waals surface area contributed by atoms with E-state index in [0.717, 1.165) is 39.2 Å². The zero-order valence-corrected chi connectivity index (χ0v) is 17.0. The zero-order chi connectivity index (χ0) is 20.1. The summed E-state index contributed by atoms with van der Waals surface area (Å²) in [5, 5.41) is 8.23. The second-order valence-corrected chi connectivity index (χ2v) is 7.76. The number of ether oxygens (including phenoxy) is 1. The summed E-state index contributed by atoms with van der Waals surface area (Å²) in [5.41, 5.74) is 3.02. The minimum Gasteiger partial charge on any atom is -0.496 e. The third-order valence-electron chi connectivity index (χ3n) is 4.82. The molecule has 5 heteroatoms. The van der Waals surface area contributed by atoms with Gasteiger partial charge in [0.25, 0.3) is 0 Å². The molecule has 1 aromatic heterocycles. The summed E-state index contributed by atoms with van der Waals surface area (Å²) in [4.78, 5) is 17.1. The number of fused-ring (bicyclic) bond motifs is 1. The number of nitrogens with one attached hydrogen (secondary N) is 1. The van der Waals surface area contributed by atoms with Gasteiger partial charge in [-0.05, 0) is 22.4 Å². The number of benzene rings is 3. The average molecular weight is 403 g/mol. The smallest absolute Gasteiger partial charge is 0.226 e. The Bertz CT molecular complexity index is 1120. The van der Waals surface area contributed by atoms with Crippen LogP contribution in [0.15, 0.2) is 72.1 Å². The fraction of sp³-hybridized carbons (Fsp3) is 0.167. The second-order valence-electron chi connectivity index (χ2n) is 6.82. The van der Waals surface area contributed by atoms with Crippen LogP contribution in [0.3, 0.4) is 0 Å². The molecule has 4 nitrogen and oxygen atoms in total. The molecule has 0 aliphatic carbocycles. The van der Waals surface area contributed by atoms with Crippen molar-refractivity contribution in [3.05, 3.63) is 93.9 Å². The average Bonchev–Trinajstić information content (AvgIpc) is 3.19. The molecular weight excluding hydrogens is 380 g/mol. The van der Waals surface area contributed by atoms with Crippen LogP contribution >= 0.6 is 11.3 Å². The van der Waals surface area contributed by atoms with Crippen molar-refractivity contribution in [1.29, 1.82) is 0 Å². The van der Waals surface area contributed by atoms with Gasteiger partial charge in [0.1, 0.15) is 5.75 Å². The minimum absolute atomic E-state index is 0.0449. The predicted octanol–water partition coefficient (Wildman–Crippen LogP) is 4.75. The summed E-state index contributed by atoms with van der Waals surface area (Å²) in [5.74, 6) is 0.736. The van der Waals surface area contributed by atoms with Crippen LogP contribution in [0.2, 0.25) is 0 Å². The first-order valence-corrected chi connectivity index (χ1v) is 10.4. The van der Waals surface area contributed by atoms with Gasteiger partial charge in [0.15, 0.2) is 0 Å². The number of hydrogen-bond acceptors (Lipinski definition) is 4. The van der Waals surface area contributed by atoms with Crippen LogP contribution < -0.4 is 10.1 Å². The van der Waals surface area contributed by atoms with E-state index in [-0.39, 0.29) is 12.3 Å². The highest BCUT2D eigenvalue weighted by Crippen LogP contribution is 2.27. The first-order chi connectivity index (χ1) is 14.2. The Balaban J connectivity index is 1.40. The van der Waals surface area contributed by atoms with E-state index in [1.807, 2.05) is 47.8 Å². The lowest BCUT2D eigenvalue weighted by Crippen LogP contribution is -2.25. The van der Waals surface area contributed by atoms with Crippen molar-refractivity contribution < 1.29 is 9.53 Å². The van der Waals surface area contributed by atoms with Crippen LogP contribution in [0.25, 0.3) is 10.8 Å². The van der Waals surface area contributed by atoms with E-state index >= 15 is 0 Å². The molecule has 0 atom stereocenters. The van der Waals surface area contributed by atoms with Crippen molar-refractivity contribution in [3.8, 4) is 5.75 Å². The molecule has 0 saturated carbocycles. The van der Waals surface area contributed by atoms with Gasteiger partial charge in [0.2, 0.25) is 5.91 Å². The maximum atomic E-state index is 12.5. The van der Waals surface area contributed by atoms with Gasteiger partial charge in [0, 0.05) is 23.9 Å². The highest BCUT2D eigenvalue weighted by atomic mass is 32.1. The SMILES string of the molecule is COc1ccc2ccccc2c1CNC(=O)Cc1csc(Cc2ccccc2)n1. The molecule has 0 spiro atoms. The van der Waals surface area contributed by atoms with E-state index in [0.29, 0.717) is 6.54 Å². The highest BCUT2D eigenvalue weighted by molar-refractivity contribution is 7.09. The van der Waals surface area contributed by atoms with Crippen LogP contribution in [-0.4, -0.2) is 18.0 Å². The monoisotopic (exact) mass is 402 g/mol. The quantitative estimate of drug-likeness (QED) is 0.485. The number of amides is 1. The lowest BCUT2D eigenvalue weighted by molar-refractivity contribution is -0.120. The summed E-state index contributed by atoms with van der Waals surface area (Å²) in [7, 11) is 1.65. The molecule has 0 saturated heterocycles. The lowest BCUT2D eigenvalue weighted by atomic mass is 10.0. The Morgan fingerprint density at radius 2 is 1.83 bits per heavy atom. The molecule has 146 valence electrons. The van der Waals surface area contributed by atoms with Crippen molar-refractivity contribution in [2.75, 3.05) is 7.11 Å². The first kappa shape index (κ1) is 19.2. The predicted molar refractivity (Wildman–Crippen MR) is 117 cm³/mol. The number of thiazole rings is 1. The number of carbonyl (C=O) groups is 1. The van der Waals surface area contributed by atoms with Crippen LogP contribution in [0.5, 0.6) is 5.75 Å². The fourth-order valence-corrected chi connectivity index (χ4v) is 4.21. The van der Waals surface area contributed by atoms with E-state index < -0.39 is 0 Å². The molecule has 1 heterocycles. The largest absolute Gasteiger partial charge is 0.496 e. The molecule has 1 amide bonds.